The maximum atomic E-state index is 12.9. The van der Waals surface area contributed by atoms with E-state index in [1.54, 1.807) is 0 Å². The van der Waals surface area contributed by atoms with Crippen LogP contribution in [0.3, 0.4) is 0 Å². The average Bonchev–Trinajstić information content (AvgIpc) is 2.86. The summed E-state index contributed by atoms with van der Waals surface area (Å²) in [4.78, 5) is 36.4. The molecule has 0 spiro atoms. The van der Waals surface area contributed by atoms with Gasteiger partial charge < -0.3 is 4.74 Å². The third kappa shape index (κ3) is 2.43. The molecule has 0 heterocycles. The molecule has 4 nitrogen and oxygen atoms in total. The number of carbonyl (C=O) groups is 3. The summed E-state index contributed by atoms with van der Waals surface area (Å²) in [6.07, 6.45) is 6.78. The molecule has 0 N–H and O–H groups in total. The van der Waals surface area contributed by atoms with Gasteiger partial charge in [0, 0.05) is 37.5 Å². The molecule has 0 aromatic carbocycles. The zero-order valence-electron chi connectivity index (χ0n) is 15.7. The van der Waals surface area contributed by atoms with E-state index < -0.39 is 0 Å². The van der Waals surface area contributed by atoms with Crippen LogP contribution in [0, 0.1) is 34.5 Å². The van der Waals surface area contributed by atoms with Gasteiger partial charge in [0.15, 0.2) is 0 Å². The van der Waals surface area contributed by atoms with Crippen molar-refractivity contribution in [2.75, 3.05) is 0 Å². The number of Topliss-reactive ketones (excluding diaryl/α,β-unsaturated/α-hetero) is 2. The van der Waals surface area contributed by atoms with E-state index in [1.807, 2.05) is 0 Å². The van der Waals surface area contributed by atoms with Crippen LogP contribution < -0.4 is 0 Å². The van der Waals surface area contributed by atoms with Crippen LogP contribution in [-0.4, -0.2) is 23.6 Å². The molecule has 4 heteroatoms. The SMILES string of the molecule is CC(=O)OC1CC[C@H]2[C@@H]3CC(=O)C4CC(=O)CC[C@]4(C)[C@H]3CC[C@]12C. The third-order valence-corrected chi connectivity index (χ3v) is 8.50. The zero-order chi connectivity index (χ0) is 18.0. The summed E-state index contributed by atoms with van der Waals surface area (Å²) in [5.41, 5.74) is 0.00948. The second-order valence-electron chi connectivity index (χ2n) is 9.57. The first kappa shape index (κ1) is 17.2. The van der Waals surface area contributed by atoms with Crippen molar-refractivity contribution >= 4 is 17.5 Å². The number of esters is 1. The highest BCUT2D eigenvalue weighted by Crippen LogP contribution is 2.65. The predicted octanol–water partition coefficient (Wildman–Crippen LogP) is 3.71. The Labute approximate surface area is 150 Å². The molecule has 4 aliphatic rings. The van der Waals surface area contributed by atoms with Gasteiger partial charge in [0.05, 0.1) is 0 Å². The Morgan fingerprint density at radius 1 is 1.00 bits per heavy atom. The molecule has 25 heavy (non-hydrogen) atoms. The second kappa shape index (κ2) is 5.65. The molecule has 0 aromatic rings. The number of ether oxygens (including phenoxy) is 1. The maximum absolute atomic E-state index is 12.9. The van der Waals surface area contributed by atoms with Gasteiger partial charge in [-0.3, -0.25) is 14.4 Å². The van der Waals surface area contributed by atoms with Crippen LogP contribution in [0.4, 0.5) is 0 Å². The standard InChI is InChI=1S/C21H30O4/c1-12(22)25-19-5-4-15-14-11-18(24)17-10-13(23)6-8-20(17,2)16(14)7-9-21(15,19)3/h14-17,19H,4-11H2,1-3H3/t14-,15-,16-,17?,19?,20+,21-/m0/s1. The summed E-state index contributed by atoms with van der Waals surface area (Å²) in [5.74, 6) is 1.76. The summed E-state index contributed by atoms with van der Waals surface area (Å²) in [5, 5.41) is 0. The van der Waals surface area contributed by atoms with Gasteiger partial charge in [-0.15, -0.1) is 0 Å². The number of ketones is 2. The molecule has 4 saturated carbocycles. The molecule has 4 aliphatic carbocycles. The molecule has 0 saturated heterocycles. The molecule has 0 amide bonds. The van der Waals surface area contributed by atoms with Crippen molar-refractivity contribution in [1.29, 1.82) is 0 Å². The lowest BCUT2D eigenvalue weighted by molar-refractivity contribution is -0.168. The number of rotatable bonds is 1. The van der Waals surface area contributed by atoms with Crippen molar-refractivity contribution in [1.82, 2.24) is 0 Å². The Kier molecular flexibility index (Phi) is 3.90. The lowest BCUT2D eigenvalue weighted by Gasteiger charge is -2.59. The summed E-state index contributed by atoms with van der Waals surface area (Å²) in [6.45, 7) is 6.05. The highest BCUT2D eigenvalue weighted by atomic mass is 16.5. The maximum Gasteiger partial charge on any atom is 0.302 e. The molecule has 2 unspecified atom stereocenters. The third-order valence-electron chi connectivity index (χ3n) is 8.50. The van der Waals surface area contributed by atoms with E-state index in [2.05, 4.69) is 13.8 Å². The first-order valence-electron chi connectivity index (χ1n) is 9.97. The number of hydrogen-bond acceptors (Lipinski definition) is 4. The molecule has 0 aromatic heterocycles. The van der Waals surface area contributed by atoms with Crippen molar-refractivity contribution in [2.24, 2.45) is 34.5 Å². The molecule has 0 aliphatic heterocycles. The van der Waals surface area contributed by atoms with Gasteiger partial charge in [-0.25, -0.2) is 0 Å². The van der Waals surface area contributed by atoms with Gasteiger partial charge in [0.2, 0.25) is 0 Å². The van der Waals surface area contributed by atoms with E-state index in [9.17, 15) is 14.4 Å². The number of fused-ring (bicyclic) bond motifs is 5. The Morgan fingerprint density at radius 2 is 1.72 bits per heavy atom. The van der Waals surface area contributed by atoms with E-state index in [0.29, 0.717) is 42.8 Å². The molecule has 4 rings (SSSR count). The van der Waals surface area contributed by atoms with Gasteiger partial charge in [0.25, 0.3) is 0 Å². The van der Waals surface area contributed by atoms with Crippen LogP contribution in [0.5, 0.6) is 0 Å². The van der Waals surface area contributed by atoms with Gasteiger partial charge >= 0.3 is 5.97 Å². The zero-order valence-corrected chi connectivity index (χ0v) is 15.7. The lowest BCUT2D eigenvalue weighted by atomic mass is 9.45. The summed E-state index contributed by atoms with van der Waals surface area (Å²) in [7, 11) is 0. The first-order valence-corrected chi connectivity index (χ1v) is 9.97. The van der Waals surface area contributed by atoms with E-state index >= 15 is 0 Å². The minimum atomic E-state index is -0.188. The fourth-order valence-corrected chi connectivity index (χ4v) is 7.18. The number of hydrogen-bond donors (Lipinski definition) is 0. The molecular weight excluding hydrogens is 316 g/mol. The van der Waals surface area contributed by atoms with Crippen LogP contribution in [0.1, 0.15) is 72.1 Å². The molecule has 4 fully saturated rings. The fraction of sp³-hybridized carbons (Fsp3) is 0.857. The average molecular weight is 346 g/mol. The van der Waals surface area contributed by atoms with E-state index in [4.69, 9.17) is 4.74 Å². The predicted molar refractivity (Wildman–Crippen MR) is 92.7 cm³/mol. The van der Waals surface area contributed by atoms with Crippen LogP contribution in [0.15, 0.2) is 0 Å². The minimum Gasteiger partial charge on any atom is -0.462 e. The molecule has 138 valence electrons. The van der Waals surface area contributed by atoms with E-state index in [0.717, 1.165) is 32.1 Å². The van der Waals surface area contributed by atoms with Crippen LogP contribution in [-0.2, 0) is 19.1 Å². The van der Waals surface area contributed by atoms with Crippen molar-refractivity contribution in [3.8, 4) is 0 Å². The van der Waals surface area contributed by atoms with Gasteiger partial charge in [-0.2, -0.15) is 0 Å². The van der Waals surface area contributed by atoms with Crippen LogP contribution in [0.25, 0.3) is 0 Å². The fourth-order valence-electron chi connectivity index (χ4n) is 7.18. The monoisotopic (exact) mass is 346 g/mol. The molecule has 7 atom stereocenters. The smallest absolute Gasteiger partial charge is 0.302 e. The summed E-state index contributed by atoms with van der Waals surface area (Å²) in [6, 6.07) is 0. The van der Waals surface area contributed by atoms with E-state index in [-0.39, 0.29) is 34.6 Å². The Bertz CT molecular complexity index is 625. The minimum absolute atomic E-state index is 0.00418. The van der Waals surface area contributed by atoms with E-state index in [1.165, 1.54) is 6.92 Å². The first-order chi connectivity index (χ1) is 11.8. The topological polar surface area (TPSA) is 60.4 Å². The van der Waals surface area contributed by atoms with Crippen LogP contribution >= 0.6 is 0 Å². The molecular formula is C21H30O4. The van der Waals surface area contributed by atoms with Crippen molar-refractivity contribution in [3.05, 3.63) is 0 Å². The van der Waals surface area contributed by atoms with Gasteiger partial charge in [-0.1, -0.05) is 13.8 Å². The summed E-state index contributed by atoms with van der Waals surface area (Å²) < 4.78 is 5.67. The Hall–Kier alpha value is -1.19. The second-order valence-corrected chi connectivity index (χ2v) is 9.57. The largest absolute Gasteiger partial charge is 0.462 e. The Balaban J connectivity index is 1.63. The quantitative estimate of drug-likeness (QED) is 0.679. The van der Waals surface area contributed by atoms with Gasteiger partial charge in [0.1, 0.15) is 17.7 Å². The highest BCUT2D eigenvalue weighted by Gasteiger charge is 2.62. The molecule has 0 bridgehead atoms. The van der Waals surface area contributed by atoms with Crippen LogP contribution in [0.2, 0.25) is 0 Å². The summed E-state index contributed by atoms with van der Waals surface area (Å²) >= 11 is 0. The van der Waals surface area contributed by atoms with Crippen molar-refractivity contribution in [2.45, 2.75) is 78.2 Å². The van der Waals surface area contributed by atoms with Crippen molar-refractivity contribution in [3.63, 3.8) is 0 Å². The molecule has 0 radical (unpaired) electrons. The number of carbonyl (C=O) groups excluding carboxylic acids is 3. The van der Waals surface area contributed by atoms with Crippen molar-refractivity contribution < 1.29 is 19.1 Å². The highest BCUT2D eigenvalue weighted by molar-refractivity contribution is 5.90. The van der Waals surface area contributed by atoms with Gasteiger partial charge in [-0.05, 0) is 55.3 Å². The lowest BCUT2D eigenvalue weighted by Crippen LogP contribution is -2.57. The Morgan fingerprint density at radius 3 is 2.44 bits per heavy atom. The normalized spacial score (nSPS) is 49.2.